The Labute approximate surface area is 209 Å². The van der Waals surface area contributed by atoms with Gasteiger partial charge in [0.1, 0.15) is 11.2 Å². The van der Waals surface area contributed by atoms with Crippen molar-refractivity contribution in [2.24, 2.45) is 0 Å². The first-order chi connectivity index (χ1) is 16.2. The van der Waals surface area contributed by atoms with Gasteiger partial charge in [0.15, 0.2) is 22.8 Å². The maximum absolute atomic E-state index is 11.9. The molecular formula is C24H25IN4O3S. The van der Waals surface area contributed by atoms with Gasteiger partial charge in [0.05, 0.1) is 24.6 Å². The van der Waals surface area contributed by atoms with E-state index in [1.807, 2.05) is 51.1 Å². The van der Waals surface area contributed by atoms with Crippen LogP contribution in [0.3, 0.4) is 0 Å². The molecule has 0 radical (unpaired) electrons. The summed E-state index contributed by atoms with van der Waals surface area (Å²) < 4.78 is 13.2. The molecule has 0 spiro atoms. The number of aldehydes is 1. The predicted octanol–water partition coefficient (Wildman–Crippen LogP) is 6.11. The molecule has 0 atom stereocenters. The first-order valence-corrected chi connectivity index (χ1v) is 14.2. The number of halogens is 1. The SMILES string of the molecule is CC.Cc1cccc(-c2cc(C=O)n(-c3cc(N4CCOCC4)c4oc(SI)cc4n3)n2)c1. The summed E-state index contributed by atoms with van der Waals surface area (Å²) in [5, 5.41) is 5.51. The van der Waals surface area contributed by atoms with Gasteiger partial charge in [0, 0.05) is 52.0 Å². The number of rotatable bonds is 5. The molecule has 0 bridgehead atoms. The van der Waals surface area contributed by atoms with E-state index in [1.165, 1.54) is 8.93 Å². The Morgan fingerprint density at radius 2 is 1.91 bits per heavy atom. The Bertz CT molecular complexity index is 1260. The van der Waals surface area contributed by atoms with Gasteiger partial charge in [-0.2, -0.15) is 5.10 Å². The largest absolute Gasteiger partial charge is 0.445 e. The first kappa shape index (κ1) is 23.8. The summed E-state index contributed by atoms with van der Waals surface area (Å²) in [6.07, 6.45) is 0.814. The lowest BCUT2D eigenvalue weighted by atomic mass is 10.1. The molecule has 0 saturated carbocycles. The van der Waals surface area contributed by atoms with Gasteiger partial charge in [0.2, 0.25) is 0 Å². The van der Waals surface area contributed by atoms with Crippen LogP contribution in [-0.4, -0.2) is 47.4 Å². The summed E-state index contributed by atoms with van der Waals surface area (Å²) in [6.45, 7) is 8.88. The lowest BCUT2D eigenvalue weighted by Crippen LogP contribution is -2.36. The van der Waals surface area contributed by atoms with Gasteiger partial charge in [-0.05, 0) is 28.0 Å². The number of nitrogens with zero attached hydrogens (tertiary/aromatic N) is 4. The van der Waals surface area contributed by atoms with Crippen LogP contribution in [0.1, 0.15) is 29.9 Å². The van der Waals surface area contributed by atoms with Crippen molar-refractivity contribution >= 4 is 53.2 Å². The molecule has 4 heterocycles. The zero-order valence-electron chi connectivity index (χ0n) is 18.7. The van der Waals surface area contributed by atoms with Gasteiger partial charge >= 0.3 is 0 Å². The number of carbonyl (C=O) groups is 1. The molecule has 1 aromatic carbocycles. The van der Waals surface area contributed by atoms with E-state index in [4.69, 9.17) is 19.2 Å². The van der Waals surface area contributed by atoms with Crippen molar-refractivity contribution in [2.45, 2.75) is 25.9 Å². The zero-order valence-corrected chi connectivity index (χ0v) is 21.7. The molecule has 1 aliphatic heterocycles. The summed E-state index contributed by atoms with van der Waals surface area (Å²) in [5.41, 5.74) is 5.69. The number of benzene rings is 1. The van der Waals surface area contributed by atoms with Crippen molar-refractivity contribution in [2.75, 3.05) is 31.2 Å². The minimum absolute atomic E-state index is 0.447. The average Bonchev–Trinajstić information content (AvgIpc) is 3.49. The van der Waals surface area contributed by atoms with E-state index >= 15 is 0 Å². The maximum Gasteiger partial charge on any atom is 0.177 e. The number of aromatic nitrogens is 3. The highest BCUT2D eigenvalue weighted by molar-refractivity contribution is 14.2. The van der Waals surface area contributed by atoms with E-state index < -0.39 is 0 Å². The third kappa shape index (κ3) is 4.95. The van der Waals surface area contributed by atoms with E-state index in [1.54, 1.807) is 10.7 Å². The molecule has 3 aromatic heterocycles. The lowest BCUT2D eigenvalue weighted by Gasteiger charge is -2.29. The quantitative estimate of drug-likeness (QED) is 0.210. The van der Waals surface area contributed by atoms with Crippen LogP contribution in [0.15, 0.2) is 52.0 Å². The fraction of sp³-hybridized carbons (Fsp3) is 0.292. The second kappa shape index (κ2) is 10.7. The number of anilines is 1. The van der Waals surface area contributed by atoms with Crippen LogP contribution in [0, 0.1) is 6.92 Å². The van der Waals surface area contributed by atoms with Crippen molar-refractivity contribution in [3.05, 3.63) is 53.7 Å². The average molecular weight is 576 g/mol. The highest BCUT2D eigenvalue weighted by Gasteiger charge is 2.21. The first-order valence-electron chi connectivity index (χ1n) is 10.8. The van der Waals surface area contributed by atoms with Crippen molar-refractivity contribution in [1.29, 1.82) is 0 Å². The Kier molecular flexibility index (Phi) is 7.71. The van der Waals surface area contributed by atoms with Gasteiger partial charge in [-0.15, -0.1) is 0 Å². The monoisotopic (exact) mass is 576 g/mol. The molecule has 9 heteroatoms. The summed E-state index contributed by atoms with van der Waals surface area (Å²) >= 11 is 2.20. The second-order valence-corrected chi connectivity index (χ2v) is 9.19. The third-order valence-corrected chi connectivity index (χ3v) is 6.90. The number of aryl methyl sites for hydroxylation is 1. The van der Waals surface area contributed by atoms with Gasteiger partial charge < -0.3 is 14.1 Å². The highest BCUT2D eigenvalue weighted by atomic mass is 127. The van der Waals surface area contributed by atoms with E-state index in [0.29, 0.717) is 24.7 Å². The lowest BCUT2D eigenvalue weighted by molar-refractivity contribution is 0.111. The summed E-state index contributed by atoms with van der Waals surface area (Å²) in [5.74, 6) is 0.584. The van der Waals surface area contributed by atoms with Crippen LogP contribution in [0.5, 0.6) is 0 Å². The third-order valence-electron chi connectivity index (χ3n) is 5.24. The van der Waals surface area contributed by atoms with E-state index in [9.17, 15) is 4.79 Å². The Hall–Kier alpha value is -2.37. The number of carbonyl (C=O) groups excluding carboxylic acids is 1. The number of hydrogen-bond donors (Lipinski definition) is 0. The molecule has 0 amide bonds. The van der Waals surface area contributed by atoms with E-state index in [2.05, 4.69) is 32.2 Å². The molecule has 4 aromatic rings. The van der Waals surface area contributed by atoms with Crippen LogP contribution in [0.2, 0.25) is 0 Å². The van der Waals surface area contributed by atoms with Gasteiger partial charge in [-0.1, -0.05) is 37.6 Å². The molecule has 7 nitrogen and oxygen atoms in total. The second-order valence-electron chi connectivity index (χ2n) is 7.31. The number of furan rings is 1. The maximum atomic E-state index is 11.9. The van der Waals surface area contributed by atoms with Gasteiger partial charge in [0.25, 0.3) is 0 Å². The van der Waals surface area contributed by atoms with Crippen LogP contribution >= 0.6 is 30.1 Å². The molecular weight excluding hydrogens is 551 g/mol. The summed E-state index contributed by atoms with van der Waals surface area (Å²) in [7, 11) is 1.50. The topological polar surface area (TPSA) is 73.4 Å². The van der Waals surface area contributed by atoms with E-state index in [-0.39, 0.29) is 0 Å². The van der Waals surface area contributed by atoms with Crippen molar-refractivity contribution in [3.63, 3.8) is 0 Å². The van der Waals surface area contributed by atoms with Gasteiger partial charge in [-0.3, -0.25) is 4.79 Å². The highest BCUT2D eigenvalue weighted by Crippen LogP contribution is 2.36. The molecule has 1 fully saturated rings. The number of ether oxygens (including phenoxy) is 1. The van der Waals surface area contributed by atoms with Crippen molar-refractivity contribution in [1.82, 2.24) is 14.8 Å². The number of pyridine rings is 1. The smallest absolute Gasteiger partial charge is 0.177 e. The molecule has 33 heavy (non-hydrogen) atoms. The fourth-order valence-corrected chi connectivity index (χ4v) is 4.69. The Morgan fingerprint density at radius 1 is 1.12 bits per heavy atom. The Balaban J connectivity index is 0.00000126. The molecule has 5 rings (SSSR count). The van der Waals surface area contributed by atoms with Crippen LogP contribution in [-0.2, 0) is 4.74 Å². The standard InChI is InChI=1S/C22H19IN4O3S.C2H6/c1-14-3-2-4-15(9-14)17-10-16(13-28)27(25-17)20-12-19(26-5-7-29-8-6-26)22-18(24-20)11-21(30-22)31-23;1-2/h2-4,9-13H,5-8H2,1H3;1-2H3. The number of morpholine rings is 1. The fourth-order valence-electron chi connectivity index (χ4n) is 3.76. The molecule has 1 saturated heterocycles. The van der Waals surface area contributed by atoms with Crippen molar-refractivity contribution in [3.8, 4) is 17.1 Å². The number of fused-ring (bicyclic) bond motifs is 1. The molecule has 0 unspecified atom stereocenters. The van der Waals surface area contributed by atoms with Crippen LogP contribution in [0.4, 0.5) is 5.69 Å². The number of hydrogen-bond acceptors (Lipinski definition) is 7. The van der Waals surface area contributed by atoms with Crippen LogP contribution < -0.4 is 4.90 Å². The summed E-state index contributed by atoms with van der Waals surface area (Å²) in [6, 6.07) is 13.7. The summed E-state index contributed by atoms with van der Waals surface area (Å²) in [4.78, 5) is 18.9. The molecule has 0 aliphatic carbocycles. The van der Waals surface area contributed by atoms with Gasteiger partial charge in [-0.25, -0.2) is 9.67 Å². The zero-order chi connectivity index (χ0) is 23.4. The van der Waals surface area contributed by atoms with Crippen molar-refractivity contribution < 1.29 is 13.9 Å². The van der Waals surface area contributed by atoms with E-state index in [0.717, 1.165) is 58.1 Å². The molecule has 0 N–H and O–H groups in total. The van der Waals surface area contributed by atoms with Crippen LogP contribution in [0.25, 0.3) is 28.2 Å². The molecule has 1 aliphatic rings. The molecule has 172 valence electrons. The Morgan fingerprint density at radius 3 is 2.61 bits per heavy atom. The minimum Gasteiger partial charge on any atom is -0.445 e. The minimum atomic E-state index is 0.447. The normalized spacial score (nSPS) is 13.6. The predicted molar refractivity (Wildman–Crippen MR) is 141 cm³/mol.